The van der Waals surface area contributed by atoms with Crippen LogP contribution in [0.25, 0.3) is 0 Å². The van der Waals surface area contributed by atoms with Crippen LogP contribution in [-0.2, 0) is 6.42 Å². The predicted molar refractivity (Wildman–Crippen MR) is 95.9 cm³/mol. The lowest BCUT2D eigenvalue weighted by Gasteiger charge is -2.30. The van der Waals surface area contributed by atoms with Gasteiger partial charge in [-0.2, -0.15) is 0 Å². The van der Waals surface area contributed by atoms with Gasteiger partial charge in [0.25, 0.3) is 5.91 Å². The zero-order valence-corrected chi connectivity index (χ0v) is 14.5. The average molecular weight is 403 g/mol. The van der Waals surface area contributed by atoms with Gasteiger partial charge in [-0.05, 0) is 83.7 Å². The van der Waals surface area contributed by atoms with Crippen LogP contribution in [0, 0.1) is 3.57 Å². The van der Waals surface area contributed by atoms with Crippen LogP contribution in [0.3, 0.4) is 0 Å². The van der Waals surface area contributed by atoms with E-state index >= 15 is 0 Å². The summed E-state index contributed by atoms with van der Waals surface area (Å²) in [6.07, 6.45) is 4.44. The van der Waals surface area contributed by atoms with Crippen LogP contribution < -0.4 is 0 Å². The Balaban J connectivity index is 1.67. The van der Waals surface area contributed by atoms with Crippen LogP contribution in [0.5, 0.6) is 0 Å². The Labute approximate surface area is 144 Å². The van der Waals surface area contributed by atoms with Crippen molar-refractivity contribution in [1.29, 1.82) is 0 Å². The van der Waals surface area contributed by atoms with E-state index in [-0.39, 0.29) is 11.9 Å². The Hall–Kier alpha value is -1.36. The van der Waals surface area contributed by atoms with Crippen molar-refractivity contribution < 1.29 is 4.79 Å². The zero-order chi connectivity index (χ0) is 15.1. The lowest BCUT2D eigenvalue weighted by atomic mass is 10.1. The molecule has 3 heteroatoms. The van der Waals surface area contributed by atoms with Gasteiger partial charge in [0.1, 0.15) is 0 Å². The van der Waals surface area contributed by atoms with Crippen LogP contribution in [-0.4, -0.2) is 16.8 Å². The maximum atomic E-state index is 13.1. The molecule has 0 bridgehead atoms. The molecule has 0 heterocycles. The van der Waals surface area contributed by atoms with Crippen LogP contribution in [0.1, 0.15) is 46.8 Å². The van der Waals surface area contributed by atoms with Crippen LogP contribution in [0.2, 0.25) is 0 Å². The standard InChI is InChI=1S/C19H18INO/c20-15-8-5-14(6-9-15)19(22)21(16-10-11-16)18-12-7-13-3-1-2-4-17(13)18/h1-6,8-9,16,18H,7,10-12H2. The van der Waals surface area contributed by atoms with Gasteiger partial charge in [0, 0.05) is 15.2 Å². The molecule has 22 heavy (non-hydrogen) atoms. The minimum Gasteiger partial charge on any atom is -0.329 e. The van der Waals surface area contributed by atoms with Crippen molar-refractivity contribution in [3.05, 3.63) is 68.8 Å². The summed E-state index contributed by atoms with van der Waals surface area (Å²) in [6, 6.07) is 17.2. The predicted octanol–water partition coefficient (Wildman–Crippen LogP) is 4.58. The topological polar surface area (TPSA) is 20.3 Å². The molecule has 112 valence electrons. The Kier molecular flexibility index (Phi) is 3.68. The Bertz CT molecular complexity index is 706. The van der Waals surface area contributed by atoms with Crippen LogP contribution >= 0.6 is 22.6 Å². The fraction of sp³-hybridized carbons (Fsp3) is 0.316. The third kappa shape index (κ3) is 2.56. The normalized spacial score (nSPS) is 19.8. The van der Waals surface area contributed by atoms with Gasteiger partial charge < -0.3 is 4.90 Å². The molecule has 0 aromatic heterocycles. The second kappa shape index (κ2) is 5.69. The number of amides is 1. The number of carbonyl (C=O) groups is 1. The van der Waals surface area contributed by atoms with E-state index in [1.807, 2.05) is 24.3 Å². The van der Waals surface area contributed by atoms with E-state index in [0.29, 0.717) is 6.04 Å². The van der Waals surface area contributed by atoms with E-state index in [1.54, 1.807) is 0 Å². The highest BCUT2D eigenvalue weighted by atomic mass is 127. The third-order valence-corrected chi connectivity index (χ3v) is 5.42. The first kappa shape index (κ1) is 14.2. The van der Waals surface area contributed by atoms with Gasteiger partial charge in [0.15, 0.2) is 0 Å². The Morgan fingerprint density at radius 1 is 1.00 bits per heavy atom. The van der Waals surface area contributed by atoms with Gasteiger partial charge in [-0.15, -0.1) is 0 Å². The monoisotopic (exact) mass is 403 g/mol. The molecule has 2 nitrogen and oxygen atoms in total. The quantitative estimate of drug-likeness (QED) is 0.687. The summed E-state index contributed by atoms with van der Waals surface area (Å²) in [5.41, 5.74) is 3.58. The van der Waals surface area contributed by atoms with E-state index in [4.69, 9.17) is 0 Å². The van der Waals surface area contributed by atoms with Crippen molar-refractivity contribution in [2.24, 2.45) is 0 Å². The van der Waals surface area contributed by atoms with E-state index in [1.165, 1.54) is 14.7 Å². The van der Waals surface area contributed by atoms with Crippen molar-refractivity contribution in [2.45, 2.75) is 37.8 Å². The molecular weight excluding hydrogens is 385 g/mol. The summed E-state index contributed by atoms with van der Waals surface area (Å²) in [5, 5.41) is 0. The summed E-state index contributed by atoms with van der Waals surface area (Å²) in [7, 11) is 0. The molecule has 2 aliphatic rings. The summed E-state index contributed by atoms with van der Waals surface area (Å²) in [5.74, 6) is 0.195. The molecule has 2 aliphatic carbocycles. The molecule has 0 N–H and O–H groups in total. The van der Waals surface area contributed by atoms with Gasteiger partial charge in [0.05, 0.1) is 6.04 Å². The fourth-order valence-corrected chi connectivity index (χ4v) is 3.84. The SMILES string of the molecule is O=C(c1ccc(I)cc1)N(C1CC1)C1CCc2ccccc21. The minimum atomic E-state index is 0.195. The minimum absolute atomic E-state index is 0.195. The van der Waals surface area contributed by atoms with Crippen LogP contribution in [0.4, 0.5) is 0 Å². The van der Waals surface area contributed by atoms with Crippen molar-refractivity contribution in [1.82, 2.24) is 4.90 Å². The summed E-state index contributed by atoms with van der Waals surface area (Å²) >= 11 is 2.28. The number of hydrogen-bond donors (Lipinski definition) is 0. The van der Waals surface area contributed by atoms with E-state index in [0.717, 1.165) is 31.2 Å². The maximum Gasteiger partial charge on any atom is 0.254 e. The van der Waals surface area contributed by atoms with Gasteiger partial charge in [0.2, 0.25) is 0 Å². The van der Waals surface area contributed by atoms with Crippen molar-refractivity contribution in [3.8, 4) is 0 Å². The molecule has 4 rings (SSSR count). The molecule has 0 radical (unpaired) electrons. The number of fused-ring (bicyclic) bond motifs is 1. The van der Waals surface area contributed by atoms with E-state index in [2.05, 4.69) is 51.8 Å². The summed E-state index contributed by atoms with van der Waals surface area (Å²) in [4.78, 5) is 15.2. The maximum absolute atomic E-state index is 13.1. The molecule has 1 atom stereocenters. The largest absolute Gasteiger partial charge is 0.329 e. The zero-order valence-electron chi connectivity index (χ0n) is 12.3. The number of benzene rings is 2. The molecule has 2 aromatic rings. The first-order valence-corrected chi connectivity index (χ1v) is 8.98. The molecule has 1 unspecified atom stereocenters. The molecule has 1 amide bonds. The lowest BCUT2D eigenvalue weighted by Crippen LogP contribution is -2.36. The molecule has 1 fully saturated rings. The number of aryl methyl sites for hydroxylation is 1. The molecule has 1 saturated carbocycles. The van der Waals surface area contributed by atoms with Crippen LogP contribution in [0.15, 0.2) is 48.5 Å². The summed E-state index contributed by atoms with van der Waals surface area (Å²) < 4.78 is 1.17. The summed E-state index contributed by atoms with van der Waals surface area (Å²) in [6.45, 7) is 0. The fourth-order valence-electron chi connectivity index (χ4n) is 3.48. The van der Waals surface area contributed by atoms with Gasteiger partial charge in [-0.3, -0.25) is 4.79 Å². The molecular formula is C19H18INO. The lowest BCUT2D eigenvalue weighted by molar-refractivity contribution is 0.0658. The van der Waals surface area contributed by atoms with Crippen molar-refractivity contribution >= 4 is 28.5 Å². The second-order valence-corrected chi connectivity index (χ2v) is 7.45. The highest BCUT2D eigenvalue weighted by Crippen LogP contribution is 2.42. The first-order valence-electron chi connectivity index (χ1n) is 7.90. The molecule has 0 spiro atoms. The number of halogens is 1. The second-order valence-electron chi connectivity index (χ2n) is 6.20. The smallest absolute Gasteiger partial charge is 0.254 e. The number of nitrogens with zero attached hydrogens (tertiary/aromatic N) is 1. The molecule has 0 saturated heterocycles. The van der Waals surface area contributed by atoms with Gasteiger partial charge >= 0.3 is 0 Å². The third-order valence-electron chi connectivity index (χ3n) is 4.70. The van der Waals surface area contributed by atoms with Gasteiger partial charge in [-0.1, -0.05) is 24.3 Å². The molecule has 0 aliphatic heterocycles. The number of hydrogen-bond acceptors (Lipinski definition) is 1. The van der Waals surface area contributed by atoms with Crippen molar-refractivity contribution in [2.75, 3.05) is 0 Å². The highest BCUT2D eigenvalue weighted by Gasteiger charge is 2.40. The van der Waals surface area contributed by atoms with E-state index in [9.17, 15) is 4.79 Å². The Morgan fingerprint density at radius 2 is 1.73 bits per heavy atom. The Morgan fingerprint density at radius 3 is 2.45 bits per heavy atom. The molecule has 2 aromatic carbocycles. The van der Waals surface area contributed by atoms with Gasteiger partial charge in [-0.25, -0.2) is 0 Å². The highest BCUT2D eigenvalue weighted by molar-refractivity contribution is 14.1. The first-order chi connectivity index (χ1) is 10.7. The number of rotatable bonds is 3. The average Bonchev–Trinajstić information content (AvgIpc) is 3.28. The van der Waals surface area contributed by atoms with Crippen molar-refractivity contribution in [3.63, 3.8) is 0 Å². The van der Waals surface area contributed by atoms with E-state index < -0.39 is 0 Å². The number of carbonyl (C=O) groups excluding carboxylic acids is 1.